The van der Waals surface area contributed by atoms with Gasteiger partial charge in [-0.1, -0.05) is 36.7 Å². The van der Waals surface area contributed by atoms with Gasteiger partial charge in [-0.15, -0.1) is 0 Å². The predicted octanol–water partition coefficient (Wildman–Crippen LogP) is 3.06. The Kier molecular flexibility index (Phi) is 6.27. The second-order valence-electron chi connectivity index (χ2n) is 4.90. The number of amides is 2. The molecule has 0 saturated carbocycles. The van der Waals surface area contributed by atoms with Gasteiger partial charge < -0.3 is 10.6 Å². The zero-order valence-electron chi connectivity index (χ0n) is 12.3. The van der Waals surface area contributed by atoms with E-state index in [1.807, 2.05) is 0 Å². The molecule has 22 heavy (non-hydrogen) atoms. The lowest BCUT2D eigenvalue weighted by molar-refractivity contribution is -0.122. The average molecular weight is 340 g/mol. The number of thioether (sulfide) groups is 1. The van der Waals surface area contributed by atoms with Crippen LogP contribution in [-0.4, -0.2) is 28.8 Å². The van der Waals surface area contributed by atoms with Crippen molar-refractivity contribution in [2.24, 2.45) is 4.99 Å². The van der Waals surface area contributed by atoms with Crippen LogP contribution in [0.3, 0.4) is 0 Å². The van der Waals surface area contributed by atoms with Crippen molar-refractivity contribution >= 4 is 46.0 Å². The van der Waals surface area contributed by atoms with Gasteiger partial charge in [0.15, 0.2) is 5.17 Å². The molecule has 1 atom stereocenters. The van der Waals surface area contributed by atoms with Gasteiger partial charge in [0, 0.05) is 23.7 Å². The van der Waals surface area contributed by atoms with Gasteiger partial charge in [-0.25, -0.2) is 0 Å². The molecule has 1 fully saturated rings. The van der Waals surface area contributed by atoms with E-state index in [9.17, 15) is 9.59 Å². The minimum atomic E-state index is -0.423. The van der Waals surface area contributed by atoms with Crippen LogP contribution in [-0.2, 0) is 9.59 Å². The van der Waals surface area contributed by atoms with Crippen LogP contribution in [0.4, 0.5) is 5.69 Å². The van der Waals surface area contributed by atoms with E-state index < -0.39 is 5.25 Å². The third-order valence-electron chi connectivity index (χ3n) is 3.04. The van der Waals surface area contributed by atoms with E-state index in [1.165, 1.54) is 11.8 Å². The SMILES string of the molecule is CCCCN=C1NC(=O)[C@@H](CC(=O)Nc2ccc(Cl)cc2)S1. The fourth-order valence-electron chi connectivity index (χ4n) is 1.87. The molecule has 0 bridgehead atoms. The van der Waals surface area contributed by atoms with Crippen molar-refractivity contribution in [2.45, 2.75) is 31.4 Å². The molecular weight excluding hydrogens is 322 g/mol. The second kappa shape index (κ2) is 8.19. The molecule has 5 nitrogen and oxygen atoms in total. The molecule has 2 rings (SSSR count). The summed E-state index contributed by atoms with van der Waals surface area (Å²) in [6.45, 7) is 2.78. The first-order chi connectivity index (χ1) is 10.6. The zero-order chi connectivity index (χ0) is 15.9. The summed E-state index contributed by atoms with van der Waals surface area (Å²) in [6, 6.07) is 6.85. The average Bonchev–Trinajstić information content (AvgIpc) is 2.82. The normalized spacial score (nSPS) is 19.3. The van der Waals surface area contributed by atoms with Crippen LogP contribution >= 0.6 is 23.4 Å². The molecule has 1 aromatic rings. The van der Waals surface area contributed by atoms with Gasteiger partial charge in [0.1, 0.15) is 5.25 Å². The summed E-state index contributed by atoms with van der Waals surface area (Å²) >= 11 is 7.11. The highest BCUT2D eigenvalue weighted by Gasteiger charge is 2.31. The van der Waals surface area contributed by atoms with Crippen LogP contribution in [0, 0.1) is 0 Å². The van der Waals surface area contributed by atoms with Gasteiger partial charge in [0.2, 0.25) is 11.8 Å². The number of hydrogen-bond donors (Lipinski definition) is 2. The van der Waals surface area contributed by atoms with Crippen molar-refractivity contribution in [3.63, 3.8) is 0 Å². The fraction of sp³-hybridized carbons (Fsp3) is 0.400. The summed E-state index contributed by atoms with van der Waals surface area (Å²) < 4.78 is 0. The molecule has 2 N–H and O–H groups in total. The maximum Gasteiger partial charge on any atom is 0.240 e. The Labute approximate surface area is 138 Å². The molecule has 118 valence electrons. The van der Waals surface area contributed by atoms with Crippen LogP contribution in [0.5, 0.6) is 0 Å². The molecule has 0 aliphatic carbocycles. The molecule has 1 aliphatic heterocycles. The molecule has 1 saturated heterocycles. The van der Waals surface area contributed by atoms with Crippen molar-refractivity contribution in [1.82, 2.24) is 5.32 Å². The minimum absolute atomic E-state index is 0.117. The van der Waals surface area contributed by atoms with Crippen LogP contribution in [0.15, 0.2) is 29.3 Å². The summed E-state index contributed by atoms with van der Waals surface area (Å²) in [5.41, 5.74) is 0.662. The van der Waals surface area contributed by atoms with Crippen LogP contribution in [0.2, 0.25) is 5.02 Å². The Morgan fingerprint density at radius 1 is 1.41 bits per heavy atom. The number of benzene rings is 1. The Morgan fingerprint density at radius 2 is 2.14 bits per heavy atom. The van der Waals surface area contributed by atoms with Crippen molar-refractivity contribution in [2.75, 3.05) is 11.9 Å². The summed E-state index contributed by atoms with van der Waals surface area (Å²) in [5.74, 6) is -0.365. The number of nitrogens with zero attached hydrogens (tertiary/aromatic N) is 1. The number of aliphatic imine (C=N–C) groups is 1. The van der Waals surface area contributed by atoms with E-state index in [0.717, 1.165) is 12.8 Å². The second-order valence-corrected chi connectivity index (χ2v) is 6.52. The Morgan fingerprint density at radius 3 is 2.82 bits per heavy atom. The molecule has 0 aromatic heterocycles. The van der Waals surface area contributed by atoms with E-state index in [0.29, 0.717) is 22.4 Å². The number of rotatable bonds is 6. The van der Waals surface area contributed by atoms with E-state index in [1.54, 1.807) is 24.3 Å². The highest BCUT2D eigenvalue weighted by atomic mass is 35.5. The Hall–Kier alpha value is -1.53. The van der Waals surface area contributed by atoms with Gasteiger partial charge in [0.25, 0.3) is 0 Å². The first-order valence-corrected chi connectivity index (χ1v) is 8.41. The molecule has 0 unspecified atom stereocenters. The third-order valence-corrected chi connectivity index (χ3v) is 4.41. The molecule has 0 spiro atoms. The van der Waals surface area contributed by atoms with Crippen molar-refractivity contribution in [3.8, 4) is 0 Å². The zero-order valence-corrected chi connectivity index (χ0v) is 13.8. The van der Waals surface area contributed by atoms with Gasteiger partial charge in [-0.05, 0) is 30.7 Å². The van der Waals surface area contributed by atoms with Gasteiger partial charge in [0.05, 0.1) is 0 Å². The standard InChI is InChI=1S/C15H18ClN3O2S/c1-2-3-8-17-15-19-14(21)12(22-15)9-13(20)18-11-6-4-10(16)5-7-11/h4-7,12H,2-3,8-9H2,1H3,(H,18,20)(H,17,19,21)/t12-/m1/s1. The predicted molar refractivity (Wildman–Crippen MR) is 91.4 cm³/mol. The summed E-state index contributed by atoms with van der Waals surface area (Å²) in [6.07, 6.45) is 2.16. The number of halogens is 1. The quantitative estimate of drug-likeness (QED) is 0.782. The van der Waals surface area contributed by atoms with Crippen molar-refractivity contribution in [1.29, 1.82) is 0 Å². The molecular formula is C15H18ClN3O2S. The van der Waals surface area contributed by atoms with Gasteiger partial charge in [-0.2, -0.15) is 0 Å². The lowest BCUT2D eigenvalue weighted by Gasteiger charge is -2.07. The monoisotopic (exact) mass is 339 g/mol. The number of nitrogens with one attached hydrogen (secondary N) is 2. The number of carbonyl (C=O) groups is 2. The number of hydrogen-bond acceptors (Lipinski definition) is 4. The molecule has 1 heterocycles. The Bertz CT molecular complexity index is 575. The summed E-state index contributed by atoms with van der Waals surface area (Å²) in [5, 5.41) is 6.27. The lowest BCUT2D eigenvalue weighted by atomic mass is 10.2. The van der Waals surface area contributed by atoms with E-state index in [-0.39, 0.29) is 18.2 Å². The molecule has 1 aliphatic rings. The molecule has 0 radical (unpaired) electrons. The van der Waals surface area contributed by atoms with Crippen LogP contribution in [0.25, 0.3) is 0 Å². The maximum atomic E-state index is 12.0. The highest BCUT2D eigenvalue weighted by Crippen LogP contribution is 2.23. The fourth-order valence-corrected chi connectivity index (χ4v) is 2.99. The summed E-state index contributed by atoms with van der Waals surface area (Å²) in [7, 11) is 0. The number of unbranched alkanes of at least 4 members (excludes halogenated alkanes) is 1. The Balaban J connectivity index is 1.85. The summed E-state index contributed by atoms with van der Waals surface area (Å²) in [4.78, 5) is 28.1. The van der Waals surface area contributed by atoms with E-state index in [4.69, 9.17) is 11.6 Å². The number of anilines is 1. The van der Waals surface area contributed by atoms with E-state index >= 15 is 0 Å². The topological polar surface area (TPSA) is 70.6 Å². The first kappa shape index (κ1) is 16.8. The first-order valence-electron chi connectivity index (χ1n) is 7.16. The minimum Gasteiger partial charge on any atom is -0.326 e. The number of amidine groups is 1. The van der Waals surface area contributed by atoms with Gasteiger partial charge in [-0.3, -0.25) is 14.6 Å². The number of carbonyl (C=O) groups excluding carboxylic acids is 2. The van der Waals surface area contributed by atoms with E-state index in [2.05, 4.69) is 22.5 Å². The molecule has 7 heteroatoms. The van der Waals surface area contributed by atoms with Crippen molar-refractivity contribution in [3.05, 3.63) is 29.3 Å². The smallest absolute Gasteiger partial charge is 0.240 e. The van der Waals surface area contributed by atoms with Gasteiger partial charge >= 0.3 is 0 Å². The maximum absolute atomic E-state index is 12.0. The third kappa shape index (κ3) is 5.03. The van der Waals surface area contributed by atoms with Crippen LogP contribution < -0.4 is 10.6 Å². The van der Waals surface area contributed by atoms with Crippen molar-refractivity contribution < 1.29 is 9.59 Å². The van der Waals surface area contributed by atoms with Crippen LogP contribution in [0.1, 0.15) is 26.2 Å². The molecule has 2 amide bonds. The molecule has 1 aromatic carbocycles. The lowest BCUT2D eigenvalue weighted by Crippen LogP contribution is -2.28. The highest BCUT2D eigenvalue weighted by molar-refractivity contribution is 8.15. The largest absolute Gasteiger partial charge is 0.326 e.